The molecule has 3 amide bonds. The van der Waals surface area contributed by atoms with Crippen molar-refractivity contribution in [2.75, 3.05) is 11.4 Å². The lowest BCUT2D eigenvalue weighted by Crippen LogP contribution is -2.51. The number of aryl methyl sites for hydroxylation is 1. The number of anilines is 1. The second-order valence-corrected chi connectivity index (χ2v) is 11.0. The fraction of sp³-hybridized carbons (Fsp3) is 0.424. The lowest BCUT2D eigenvalue weighted by molar-refractivity contribution is -0.141. The van der Waals surface area contributed by atoms with Crippen molar-refractivity contribution < 1.29 is 14.4 Å². The van der Waals surface area contributed by atoms with E-state index in [0.29, 0.717) is 25.9 Å². The molecule has 0 saturated heterocycles. The van der Waals surface area contributed by atoms with Gasteiger partial charge in [0.15, 0.2) is 0 Å². The van der Waals surface area contributed by atoms with E-state index in [2.05, 4.69) is 11.4 Å². The van der Waals surface area contributed by atoms with Crippen LogP contribution < -0.4 is 10.2 Å². The summed E-state index contributed by atoms with van der Waals surface area (Å²) in [5.74, 6) is -0.115. The molecule has 0 radical (unpaired) electrons. The standard InChI is InChI=1S/C33H39N3O3/c1-3-28(32(38)34-26-15-5-4-6-16-26)36(22-24-12-7-11-23(2)21-24)30(37)19-10-20-35-29-18-9-14-25-13-8-17-27(31(25)29)33(35)39/h7-9,11-14,17-18,21,26,28H,3-6,10,15-16,19-20,22H2,1-2H3,(H,34,38). The van der Waals surface area contributed by atoms with Crippen molar-refractivity contribution in [1.82, 2.24) is 10.2 Å². The summed E-state index contributed by atoms with van der Waals surface area (Å²) in [6.07, 6.45) is 6.87. The minimum absolute atomic E-state index is 0.0100. The van der Waals surface area contributed by atoms with Gasteiger partial charge in [0, 0.05) is 36.5 Å². The predicted octanol–water partition coefficient (Wildman–Crippen LogP) is 6.14. The number of benzene rings is 3. The Balaban J connectivity index is 1.29. The Morgan fingerprint density at radius 1 is 1.03 bits per heavy atom. The van der Waals surface area contributed by atoms with Crippen molar-refractivity contribution in [1.29, 1.82) is 0 Å². The van der Waals surface area contributed by atoms with Crippen LogP contribution in [0.1, 0.15) is 79.8 Å². The molecule has 0 aromatic heterocycles. The number of nitrogens with one attached hydrogen (secondary N) is 1. The summed E-state index contributed by atoms with van der Waals surface area (Å²) in [6.45, 7) is 4.86. The lowest BCUT2D eigenvalue weighted by Gasteiger charge is -2.33. The first-order chi connectivity index (χ1) is 19.0. The summed E-state index contributed by atoms with van der Waals surface area (Å²) in [5, 5.41) is 5.29. The third-order valence-electron chi connectivity index (χ3n) is 8.19. The first kappa shape index (κ1) is 26.9. The molecule has 1 saturated carbocycles. The Morgan fingerprint density at radius 2 is 1.77 bits per heavy atom. The van der Waals surface area contributed by atoms with Crippen LogP contribution >= 0.6 is 0 Å². The first-order valence-electron chi connectivity index (χ1n) is 14.4. The van der Waals surface area contributed by atoms with Crippen LogP contribution in [0.3, 0.4) is 0 Å². The SMILES string of the molecule is CCC(C(=O)NC1CCCCC1)N(Cc1cccc(C)c1)C(=O)CCCN1C(=O)c2cccc3cccc1c23. The molecule has 1 fully saturated rings. The molecular formula is C33H39N3O3. The van der Waals surface area contributed by atoms with Gasteiger partial charge in [-0.1, -0.05) is 80.3 Å². The molecule has 2 aliphatic rings. The Hall–Kier alpha value is -3.67. The minimum atomic E-state index is -0.522. The zero-order valence-electron chi connectivity index (χ0n) is 23.1. The molecule has 0 bridgehead atoms. The van der Waals surface area contributed by atoms with Gasteiger partial charge in [-0.25, -0.2) is 0 Å². The number of nitrogens with zero attached hydrogens (tertiary/aromatic N) is 2. The van der Waals surface area contributed by atoms with Gasteiger partial charge in [0.05, 0.1) is 5.69 Å². The van der Waals surface area contributed by atoms with Crippen molar-refractivity contribution >= 4 is 34.2 Å². The molecule has 39 heavy (non-hydrogen) atoms. The summed E-state index contributed by atoms with van der Waals surface area (Å²) in [5.41, 5.74) is 3.78. The fourth-order valence-corrected chi connectivity index (χ4v) is 6.20. The third kappa shape index (κ3) is 5.85. The summed E-state index contributed by atoms with van der Waals surface area (Å²) < 4.78 is 0. The van der Waals surface area contributed by atoms with E-state index in [4.69, 9.17) is 0 Å². The Labute approximate surface area is 231 Å². The Bertz CT molecular complexity index is 1360. The highest BCUT2D eigenvalue weighted by atomic mass is 16.2. The molecular weight excluding hydrogens is 486 g/mol. The van der Waals surface area contributed by atoms with E-state index in [1.165, 1.54) is 6.42 Å². The van der Waals surface area contributed by atoms with E-state index in [9.17, 15) is 14.4 Å². The van der Waals surface area contributed by atoms with Crippen LogP contribution in [0.2, 0.25) is 0 Å². The van der Waals surface area contributed by atoms with E-state index in [0.717, 1.165) is 58.8 Å². The maximum Gasteiger partial charge on any atom is 0.258 e. The highest BCUT2D eigenvalue weighted by Crippen LogP contribution is 2.37. The Kier molecular flexibility index (Phi) is 8.30. The second kappa shape index (κ2) is 12.0. The predicted molar refractivity (Wildman–Crippen MR) is 156 cm³/mol. The van der Waals surface area contributed by atoms with Crippen LogP contribution in [0, 0.1) is 6.92 Å². The molecule has 1 unspecified atom stereocenters. The molecule has 6 nitrogen and oxygen atoms in total. The summed E-state index contributed by atoms with van der Waals surface area (Å²) in [6, 6.07) is 19.6. The van der Waals surface area contributed by atoms with Gasteiger partial charge in [0.2, 0.25) is 11.8 Å². The van der Waals surface area contributed by atoms with Crippen molar-refractivity contribution in [3.05, 3.63) is 77.4 Å². The number of carbonyl (C=O) groups excluding carboxylic acids is 3. The minimum Gasteiger partial charge on any atom is -0.352 e. The van der Waals surface area contributed by atoms with Gasteiger partial charge < -0.3 is 15.1 Å². The van der Waals surface area contributed by atoms with Crippen molar-refractivity contribution in [2.24, 2.45) is 0 Å². The number of rotatable bonds is 10. The van der Waals surface area contributed by atoms with Crippen molar-refractivity contribution in [3.63, 3.8) is 0 Å². The van der Waals surface area contributed by atoms with Crippen molar-refractivity contribution in [3.8, 4) is 0 Å². The van der Waals surface area contributed by atoms with E-state index < -0.39 is 6.04 Å². The quantitative estimate of drug-likeness (QED) is 0.345. The Morgan fingerprint density at radius 3 is 2.51 bits per heavy atom. The van der Waals surface area contributed by atoms with Gasteiger partial charge in [-0.3, -0.25) is 14.4 Å². The third-order valence-corrected chi connectivity index (χ3v) is 8.19. The molecule has 1 aliphatic carbocycles. The average Bonchev–Trinajstić information content (AvgIpc) is 3.21. The molecule has 6 heteroatoms. The molecule has 5 rings (SSSR count). The van der Waals surface area contributed by atoms with Gasteiger partial charge in [0.1, 0.15) is 6.04 Å². The van der Waals surface area contributed by atoms with Crippen LogP contribution in [-0.4, -0.2) is 41.2 Å². The zero-order chi connectivity index (χ0) is 27.4. The van der Waals surface area contributed by atoms with Crippen LogP contribution in [0.15, 0.2) is 60.7 Å². The summed E-state index contributed by atoms with van der Waals surface area (Å²) >= 11 is 0. The normalized spacial score (nSPS) is 15.9. The smallest absolute Gasteiger partial charge is 0.258 e. The van der Waals surface area contributed by atoms with Gasteiger partial charge in [0.25, 0.3) is 5.91 Å². The number of carbonyl (C=O) groups is 3. The van der Waals surface area contributed by atoms with Gasteiger partial charge in [-0.15, -0.1) is 0 Å². The van der Waals surface area contributed by atoms with E-state index in [1.54, 1.807) is 9.80 Å². The number of hydrogen-bond donors (Lipinski definition) is 1. The highest BCUT2D eigenvalue weighted by Gasteiger charge is 2.32. The van der Waals surface area contributed by atoms with E-state index >= 15 is 0 Å². The van der Waals surface area contributed by atoms with Crippen LogP contribution in [-0.2, 0) is 16.1 Å². The van der Waals surface area contributed by atoms with Crippen LogP contribution in [0.5, 0.6) is 0 Å². The summed E-state index contributed by atoms with van der Waals surface area (Å²) in [7, 11) is 0. The topological polar surface area (TPSA) is 69.7 Å². The molecule has 1 atom stereocenters. The van der Waals surface area contributed by atoms with E-state index in [1.807, 2.05) is 68.4 Å². The number of hydrogen-bond acceptors (Lipinski definition) is 3. The molecule has 1 aliphatic heterocycles. The molecule has 1 heterocycles. The molecule has 0 spiro atoms. The van der Waals surface area contributed by atoms with Gasteiger partial charge in [-0.2, -0.15) is 0 Å². The zero-order valence-corrected chi connectivity index (χ0v) is 23.1. The average molecular weight is 526 g/mol. The number of amides is 3. The van der Waals surface area contributed by atoms with Crippen LogP contribution in [0.4, 0.5) is 5.69 Å². The highest BCUT2D eigenvalue weighted by molar-refractivity contribution is 6.25. The summed E-state index contributed by atoms with van der Waals surface area (Å²) in [4.78, 5) is 43.9. The van der Waals surface area contributed by atoms with Gasteiger partial charge in [-0.05, 0) is 55.7 Å². The molecule has 3 aromatic carbocycles. The van der Waals surface area contributed by atoms with Crippen LogP contribution in [0.25, 0.3) is 10.8 Å². The first-order valence-corrected chi connectivity index (χ1v) is 14.4. The lowest BCUT2D eigenvalue weighted by atomic mass is 9.95. The van der Waals surface area contributed by atoms with Gasteiger partial charge >= 0.3 is 0 Å². The molecule has 1 N–H and O–H groups in total. The molecule has 204 valence electrons. The maximum atomic E-state index is 13.7. The molecule has 3 aromatic rings. The van der Waals surface area contributed by atoms with Crippen molar-refractivity contribution in [2.45, 2.75) is 83.8 Å². The fourth-order valence-electron chi connectivity index (χ4n) is 6.20. The van der Waals surface area contributed by atoms with E-state index in [-0.39, 0.29) is 30.2 Å². The maximum absolute atomic E-state index is 13.7. The largest absolute Gasteiger partial charge is 0.352 e. The monoisotopic (exact) mass is 525 g/mol. The second-order valence-electron chi connectivity index (χ2n) is 11.0.